The Bertz CT molecular complexity index is 512. The van der Waals surface area contributed by atoms with Crippen LogP contribution in [0.4, 0.5) is 0 Å². The van der Waals surface area contributed by atoms with E-state index < -0.39 is 0 Å². The number of aromatic nitrogens is 2. The van der Waals surface area contributed by atoms with Gasteiger partial charge in [0.1, 0.15) is 5.75 Å². The fourth-order valence-corrected chi connectivity index (χ4v) is 1.83. The van der Waals surface area contributed by atoms with Crippen LogP contribution in [0.3, 0.4) is 0 Å². The van der Waals surface area contributed by atoms with Crippen LogP contribution in [0.5, 0.6) is 5.75 Å². The van der Waals surface area contributed by atoms with Gasteiger partial charge < -0.3 is 9.67 Å². The highest BCUT2D eigenvalue weighted by Crippen LogP contribution is 2.32. The Labute approximate surface area is 83.0 Å². The number of aromatic hydroxyl groups is 1. The summed E-state index contributed by atoms with van der Waals surface area (Å²) in [5.74, 6) is 0.349. The lowest BCUT2D eigenvalue weighted by Crippen LogP contribution is -1.93. The molecule has 2 rings (SSSR count). The summed E-state index contributed by atoms with van der Waals surface area (Å²) in [5.41, 5.74) is 4.72. The van der Waals surface area contributed by atoms with Crippen LogP contribution >= 0.6 is 0 Å². The lowest BCUT2D eigenvalue weighted by Gasteiger charge is -2.09. The zero-order valence-corrected chi connectivity index (χ0v) is 8.84. The minimum Gasteiger partial charge on any atom is -0.507 e. The second-order valence-electron chi connectivity index (χ2n) is 3.69. The summed E-state index contributed by atoms with van der Waals surface area (Å²) in [6.07, 6.45) is 2.87. The number of phenols is 1. The third-order valence-corrected chi connectivity index (χ3v) is 2.85. The van der Waals surface area contributed by atoms with E-state index in [4.69, 9.17) is 0 Å². The van der Waals surface area contributed by atoms with Crippen molar-refractivity contribution in [2.24, 2.45) is 7.05 Å². The largest absolute Gasteiger partial charge is 0.507 e. The molecule has 0 aliphatic carbocycles. The van der Waals surface area contributed by atoms with Crippen molar-refractivity contribution in [1.82, 2.24) is 9.55 Å². The molecular formula is C11H13N2O. The van der Waals surface area contributed by atoms with Gasteiger partial charge in [-0.05, 0) is 31.9 Å². The third kappa shape index (κ3) is 0.953. The van der Waals surface area contributed by atoms with Crippen molar-refractivity contribution in [3.05, 3.63) is 23.0 Å². The van der Waals surface area contributed by atoms with Gasteiger partial charge in [0.2, 0.25) is 0 Å². The van der Waals surface area contributed by atoms with E-state index in [1.165, 1.54) is 0 Å². The van der Waals surface area contributed by atoms with Crippen LogP contribution in [-0.2, 0) is 7.05 Å². The topological polar surface area (TPSA) is 38.1 Å². The number of hydrogen-bond acceptors (Lipinski definition) is 2. The predicted octanol–water partition coefficient (Wildman–Crippen LogP) is 2.00. The zero-order valence-electron chi connectivity index (χ0n) is 8.84. The van der Waals surface area contributed by atoms with E-state index in [1.54, 1.807) is 0 Å². The molecule has 0 atom stereocenters. The Morgan fingerprint density at radius 1 is 1.14 bits per heavy atom. The molecule has 73 valence electrons. The second kappa shape index (κ2) is 2.74. The smallest absolute Gasteiger partial charge is 0.177 e. The van der Waals surface area contributed by atoms with Gasteiger partial charge in [0.05, 0.1) is 11.0 Å². The number of rotatable bonds is 0. The van der Waals surface area contributed by atoms with Crippen LogP contribution in [0.2, 0.25) is 0 Å². The zero-order chi connectivity index (χ0) is 10.5. The number of nitrogens with zero attached hydrogens (tertiary/aromatic N) is 2. The standard InChI is InChI=1S/C11H13N2O/c1-6-7(2)11(14)8(3)9-10(6)13(4)5-12-9/h14H,1-4H3. The molecule has 0 saturated heterocycles. The van der Waals surface area contributed by atoms with Crippen LogP contribution in [0, 0.1) is 27.1 Å². The van der Waals surface area contributed by atoms with E-state index in [1.807, 2.05) is 32.4 Å². The van der Waals surface area contributed by atoms with E-state index in [0.717, 1.165) is 27.7 Å². The van der Waals surface area contributed by atoms with Crippen molar-refractivity contribution in [2.45, 2.75) is 20.8 Å². The number of hydrogen-bond donors (Lipinski definition) is 1. The maximum absolute atomic E-state index is 9.83. The molecule has 3 heteroatoms. The highest BCUT2D eigenvalue weighted by atomic mass is 16.3. The summed E-state index contributed by atoms with van der Waals surface area (Å²) in [7, 11) is 1.91. The van der Waals surface area contributed by atoms with Crippen molar-refractivity contribution < 1.29 is 5.11 Å². The Morgan fingerprint density at radius 2 is 1.79 bits per heavy atom. The number of imidazole rings is 1. The van der Waals surface area contributed by atoms with Crippen LogP contribution in [0.25, 0.3) is 11.0 Å². The average molecular weight is 189 g/mol. The normalized spacial score (nSPS) is 11.1. The van der Waals surface area contributed by atoms with E-state index in [2.05, 4.69) is 11.3 Å². The highest BCUT2D eigenvalue weighted by molar-refractivity contribution is 5.85. The molecule has 0 fully saturated rings. The molecule has 0 unspecified atom stereocenters. The first-order valence-electron chi connectivity index (χ1n) is 4.57. The molecule has 0 aliphatic rings. The third-order valence-electron chi connectivity index (χ3n) is 2.85. The van der Waals surface area contributed by atoms with E-state index >= 15 is 0 Å². The molecule has 3 nitrogen and oxygen atoms in total. The summed E-state index contributed by atoms with van der Waals surface area (Å²) in [5, 5.41) is 9.83. The molecule has 1 heterocycles. The summed E-state index contributed by atoms with van der Waals surface area (Å²) in [6.45, 7) is 5.79. The van der Waals surface area contributed by atoms with Gasteiger partial charge >= 0.3 is 0 Å². The van der Waals surface area contributed by atoms with Crippen LogP contribution < -0.4 is 0 Å². The van der Waals surface area contributed by atoms with E-state index in [-0.39, 0.29) is 0 Å². The van der Waals surface area contributed by atoms with Gasteiger partial charge in [-0.1, -0.05) is 0 Å². The molecule has 1 aromatic carbocycles. The van der Waals surface area contributed by atoms with Crippen molar-refractivity contribution in [2.75, 3.05) is 0 Å². The second-order valence-corrected chi connectivity index (χ2v) is 3.69. The SMILES string of the molecule is Cc1c(O)c(C)c2n[c]n(C)c2c1C. The Balaban J connectivity index is 3.05. The minimum atomic E-state index is 0.349. The van der Waals surface area contributed by atoms with Crippen molar-refractivity contribution in [3.63, 3.8) is 0 Å². The van der Waals surface area contributed by atoms with Crippen molar-refractivity contribution >= 4 is 11.0 Å². The Morgan fingerprint density at radius 3 is 2.43 bits per heavy atom. The van der Waals surface area contributed by atoms with Crippen LogP contribution in [0.15, 0.2) is 0 Å². The number of benzene rings is 1. The molecule has 0 amide bonds. The van der Waals surface area contributed by atoms with Crippen molar-refractivity contribution in [1.29, 1.82) is 0 Å². The average Bonchev–Trinajstić information content (AvgIpc) is 2.54. The molecule has 0 aliphatic heterocycles. The lowest BCUT2D eigenvalue weighted by atomic mass is 10.0. The van der Waals surface area contributed by atoms with Gasteiger partial charge in [-0.2, -0.15) is 0 Å². The van der Waals surface area contributed by atoms with E-state index in [0.29, 0.717) is 5.75 Å². The summed E-state index contributed by atoms with van der Waals surface area (Å²) >= 11 is 0. The quantitative estimate of drug-likeness (QED) is 0.688. The van der Waals surface area contributed by atoms with Gasteiger partial charge in [-0.25, -0.2) is 4.98 Å². The van der Waals surface area contributed by atoms with Crippen LogP contribution in [-0.4, -0.2) is 14.7 Å². The van der Waals surface area contributed by atoms with Gasteiger partial charge in [0, 0.05) is 12.6 Å². The molecule has 1 N–H and O–H groups in total. The number of fused-ring (bicyclic) bond motifs is 1. The summed E-state index contributed by atoms with van der Waals surface area (Å²) < 4.78 is 1.87. The summed E-state index contributed by atoms with van der Waals surface area (Å²) in [6, 6.07) is 0. The maximum Gasteiger partial charge on any atom is 0.177 e. The maximum atomic E-state index is 9.83. The Kier molecular flexibility index (Phi) is 1.77. The minimum absolute atomic E-state index is 0.349. The van der Waals surface area contributed by atoms with Gasteiger partial charge in [-0.3, -0.25) is 0 Å². The first kappa shape index (κ1) is 9.06. The summed E-state index contributed by atoms with van der Waals surface area (Å²) in [4.78, 5) is 4.16. The number of phenolic OH excluding ortho intramolecular Hbond substituents is 1. The lowest BCUT2D eigenvalue weighted by molar-refractivity contribution is 0.467. The van der Waals surface area contributed by atoms with Crippen LogP contribution in [0.1, 0.15) is 16.7 Å². The molecule has 0 saturated carbocycles. The molecule has 0 bridgehead atoms. The Hall–Kier alpha value is -1.51. The van der Waals surface area contributed by atoms with E-state index in [9.17, 15) is 5.11 Å². The molecule has 1 radical (unpaired) electrons. The van der Waals surface area contributed by atoms with Gasteiger partial charge in [0.15, 0.2) is 6.33 Å². The number of aryl methyl sites for hydroxylation is 3. The first-order chi connectivity index (χ1) is 6.54. The van der Waals surface area contributed by atoms with Gasteiger partial charge in [-0.15, -0.1) is 0 Å². The molecule has 2 aromatic rings. The highest BCUT2D eigenvalue weighted by Gasteiger charge is 2.14. The molecule has 14 heavy (non-hydrogen) atoms. The fraction of sp³-hybridized carbons (Fsp3) is 0.364. The fourth-order valence-electron chi connectivity index (χ4n) is 1.83. The first-order valence-corrected chi connectivity index (χ1v) is 4.57. The molecule has 0 spiro atoms. The monoisotopic (exact) mass is 189 g/mol. The van der Waals surface area contributed by atoms with Gasteiger partial charge in [0.25, 0.3) is 0 Å². The molecule has 1 aromatic heterocycles. The molecular weight excluding hydrogens is 176 g/mol. The van der Waals surface area contributed by atoms with Crippen molar-refractivity contribution in [3.8, 4) is 5.75 Å². The predicted molar refractivity (Wildman–Crippen MR) is 55.4 cm³/mol.